The van der Waals surface area contributed by atoms with Crippen molar-refractivity contribution >= 4 is 35.1 Å². The highest BCUT2D eigenvalue weighted by Gasteiger charge is 2.48. The van der Waals surface area contributed by atoms with Gasteiger partial charge in [0.05, 0.1) is 11.8 Å². The van der Waals surface area contributed by atoms with E-state index in [1.54, 1.807) is 0 Å². The Hall–Kier alpha value is -2.90. The molecule has 2 unspecified atom stereocenters. The van der Waals surface area contributed by atoms with E-state index >= 15 is 0 Å². The highest BCUT2D eigenvalue weighted by molar-refractivity contribution is 6.07. The third-order valence-electron chi connectivity index (χ3n) is 6.46. The number of nitrogens with one attached hydrogen (secondary N) is 1. The summed E-state index contributed by atoms with van der Waals surface area (Å²) in [6, 6.07) is 7.59. The Morgan fingerprint density at radius 1 is 0.903 bits per heavy atom. The van der Waals surface area contributed by atoms with Crippen LogP contribution < -0.4 is 10.2 Å². The van der Waals surface area contributed by atoms with Crippen molar-refractivity contribution in [3.05, 3.63) is 24.3 Å². The smallest absolute Gasteiger partial charge is 0.326 e. The number of piperidine rings is 1. The monoisotopic (exact) mass is 427 g/mol. The number of carbonyl (C=O) groups is 4. The topological polar surface area (TPSA) is 96.0 Å². The molecule has 2 atom stereocenters. The molecule has 0 bridgehead atoms. The van der Waals surface area contributed by atoms with Gasteiger partial charge in [0.15, 0.2) is 6.61 Å². The molecule has 0 radical (unpaired) electrons. The van der Waals surface area contributed by atoms with Crippen LogP contribution in [0.2, 0.25) is 0 Å². The van der Waals surface area contributed by atoms with E-state index in [2.05, 4.69) is 10.2 Å². The molecule has 8 nitrogen and oxygen atoms in total. The number of hydrogen-bond donors (Lipinski definition) is 1. The van der Waals surface area contributed by atoms with E-state index in [0.717, 1.165) is 36.5 Å². The van der Waals surface area contributed by atoms with Crippen LogP contribution in [0.5, 0.6) is 0 Å². The van der Waals surface area contributed by atoms with Crippen molar-refractivity contribution in [2.75, 3.05) is 36.5 Å². The number of carbonyl (C=O) groups excluding carboxylic acids is 4. The largest absolute Gasteiger partial charge is 0.454 e. The fourth-order valence-corrected chi connectivity index (χ4v) is 4.81. The maximum Gasteiger partial charge on any atom is 0.326 e. The van der Waals surface area contributed by atoms with E-state index in [1.165, 1.54) is 19.3 Å². The van der Waals surface area contributed by atoms with Crippen molar-refractivity contribution in [1.29, 1.82) is 0 Å². The molecule has 2 saturated heterocycles. The number of nitrogens with zero attached hydrogens (tertiary/aromatic N) is 2. The number of hydrogen-bond acceptors (Lipinski definition) is 6. The lowest BCUT2D eigenvalue weighted by Crippen LogP contribution is -2.37. The first-order valence-corrected chi connectivity index (χ1v) is 11.2. The van der Waals surface area contributed by atoms with Gasteiger partial charge in [-0.15, -0.1) is 0 Å². The molecule has 0 aromatic heterocycles. The van der Waals surface area contributed by atoms with E-state index in [9.17, 15) is 19.2 Å². The Bertz CT molecular complexity index is 823. The fourth-order valence-electron chi connectivity index (χ4n) is 4.81. The van der Waals surface area contributed by atoms with Crippen LogP contribution in [0.3, 0.4) is 0 Å². The van der Waals surface area contributed by atoms with Gasteiger partial charge in [-0.25, -0.2) is 0 Å². The number of anilines is 2. The first-order chi connectivity index (χ1) is 15.0. The number of likely N-dealkylation sites (tertiary alicyclic amines) is 1. The SMILES string of the molecule is O=C(COC(=O)CN1C(=O)C2CCCCC2C1=O)Nc1ccc(N2CCCCC2)cc1. The van der Waals surface area contributed by atoms with Gasteiger partial charge in [-0.1, -0.05) is 12.8 Å². The second-order valence-electron chi connectivity index (χ2n) is 8.56. The van der Waals surface area contributed by atoms with Gasteiger partial charge < -0.3 is 15.0 Å². The molecule has 8 heteroatoms. The number of benzene rings is 1. The van der Waals surface area contributed by atoms with Gasteiger partial charge in [0.2, 0.25) is 11.8 Å². The van der Waals surface area contributed by atoms with Crippen LogP contribution in [0.25, 0.3) is 0 Å². The summed E-state index contributed by atoms with van der Waals surface area (Å²) in [5, 5.41) is 2.70. The maximum atomic E-state index is 12.4. The Morgan fingerprint density at radius 3 is 2.13 bits per heavy atom. The molecule has 2 heterocycles. The molecule has 0 spiro atoms. The summed E-state index contributed by atoms with van der Waals surface area (Å²) in [4.78, 5) is 52.4. The number of ether oxygens (including phenoxy) is 1. The van der Waals surface area contributed by atoms with Gasteiger partial charge in [0.1, 0.15) is 6.54 Å². The lowest BCUT2D eigenvalue weighted by molar-refractivity contribution is -0.154. The van der Waals surface area contributed by atoms with Crippen molar-refractivity contribution in [1.82, 2.24) is 4.90 Å². The van der Waals surface area contributed by atoms with Gasteiger partial charge in [0, 0.05) is 24.5 Å². The Balaban J connectivity index is 1.23. The molecular weight excluding hydrogens is 398 g/mol. The highest BCUT2D eigenvalue weighted by atomic mass is 16.5. The molecule has 31 heavy (non-hydrogen) atoms. The van der Waals surface area contributed by atoms with E-state index in [0.29, 0.717) is 18.5 Å². The van der Waals surface area contributed by atoms with Gasteiger partial charge in [-0.2, -0.15) is 0 Å². The molecular formula is C23H29N3O5. The molecule has 1 aromatic rings. The minimum absolute atomic E-state index is 0.287. The van der Waals surface area contributed by atoms with Gasteiger partial charge in [-0.3, -0.25) is 24.1 Å². The van der Waals surface area contributed by atoms with Crippen LogP contribution >= 0.6 is 0 Å². The minimum atomic E-state index is -0.754. The zero-order chi connectivity index (χ0) is 21.8. The van der Waals surface area contributed by atoms with Crippen molar-refractivity contribution in [3.8, 4) is 0 Å². The second-order valence-corrected chi connectivity index (χ2v) is 8.56. The molecule has 3 aliphatic rings. The molecule has 1 aliphatic carbocycles. The summed E-state index contributed by atoms with van der Waals surface area (Å²) in [6.07, 6.45) is 6.90. The molecule has 1 saturated carbocycles. The Morgan fingerprint density at radius 2 is 1.52 bits per heavy atom. The zero-order valence-corrected chi connectivity index (χ0v) is 17.7. The molecule has 1 N–H and O–H groups in total. The molecule has 2 aliphatic heterocycles. The number of fused-ring (bicyclic) bond motifs is 1. The van der Waals surface area contributed by atoms with E-state index in [1.807, 2.05) is 24.3 Å². The minimum Gasteiger partial charge on any atom is -0.454 e. The number of imide groups is 1. The Labute approximate surface area is 181 Å². The third kappa shape index (κ3) is 4.89. The van der Waals surface area contributed by atoms with Crippen LogP contribution in [-0.4, -0.2) is 54.8 Å². The lowest BCUT2D eigenvalue weighted by atomic mass is 9.81. The normalized spacial score (nSPS) is 23.5. The van der Waals surface area contributed by atoms with Crippen LogP contribution in [0, 0.1) is 11.8 Å². The zero-order valence-electron chi connectivity index (χ0n) is 17.7. The second kappa shape index (κ2) is 9.49. The molecule has 166 valence electrons. The first-order valence-electron chi connectivity index (χ1n) is 11.2. The lowest BCUT2D eigenvalue weighted by Gasteiger charge is -2.28. The summed E-state index contributed by atoms with van der Waals surface area (Å²) in [5.74, 6) is -2.40. The number of amides is 3. The third-order valence-corrected chi connectivity index (χ3v) is 6.46. The molecule has 3 fully saturated rings. The fraction of sp³-hybridized carbons (Fsp3) is 0.565. The summed E-state index contributed by atoms with van der Waals surface area (Å²) in [5.41, 5.74) is 1.75. The van der Waals surface area contributed by atoms with Gasteiger partial charge in [-0.05, 0) is 56.4 Å². The Kier molecular flexibility index (Phi) is 6.53. The van der Waals surface area contributed by atoms with Crippen molar-refractivity contribution in [2.24, 2.45) is 11.8 Å². The molecule has 1 aromatic carbocycles. The van der Waals surface area contributed by atoms with Crippen molar-refractivity contribution in [3.63, 3.8) is 0 Å². The molecule has 4 rings (SSSR count). The van der Waals surface area contributed by atoms with E-state index in [-0.39, 0.29) is 23.7 Å². The van der Waals surface area contributed by atoms with Gasteiger partial charge in [0.25, 0.3) is 5.91 Å². The average molecular weight is 428 g/mol. The van der Waals surface area contributed by atoms with E-state index in [4.69, 9.17) is 4.74 Å². The average Bonchev–Trinajstić information content (AvgIpc) is 3.04. The van der Waals surface area contributed by atoms with Crippen LogP contribution in [0.1, 0.15) is 44.9 Å². The van der Waals surface area contributed by atoms with Crippen LogP contribution in [-0.2, 0) is 23.9 Å². The van der Waals surface area contributed by atoms with E-state index < -0.39 is 25.0 Å². The van der Waals surface area contributed by atoms with Gasteiger partial charge >= 0.3 is 5.97 Å². The quantitative estimate of drug-likeness (QED) is 0.553. The van der Waals surface area contributed by atoms with Crippen molar-refractivity contribution < 1.29 is 23.9 Å². The predicted octanol–water partition coefficient (Wildman–Crippen LogP) is 2.33. The summed E-state index contributed by atoms with van der Waals surface area (Å²) >= 11 is 0. The summed E-state index contributed by atoms with van der Waals surface area (Å²) < 4.78 is 5.00. The number of rotatable bonds is 6. The summed E-state index contributed by atoms with van der Waals surface area (Å²) in [7, 11) is 0. The first kappa shape index (κ1) is 21.3. The summed E-state index contributed by atoms with van der Waals surface area (Å²) in [6.45, 7) is 1.20. The predicted molar refractivity (Wildman–Crippen MR) is 114 cm³/mol. The highest BCUT2D eigenvalue weighted by Crippen LogP contribution is 2.37. The van der Waals surface area contributed by atoms with Crippen LogP contribution in [0.4, 0.5) is 11.4 Å². The number of esters is 1. The van der Waals surface area contributed by atoms with Crippen molar-refractivity contribution in [2.45, 2.75) is 44.9 Å². The molecule has 3 amide bonds. The van der Waals surface area contributed by atoms with Crippen LogP contribution in [0.15, 0.2) is 24.3 Å². The standard InChI is InChI=1S/C23H29N3O5/c27-20(24-16-8-10-17(11-9-16)25-12-4-1-5-13-25)15-31-21(28)14-26-22(29)18-6-2-3-7-19(18)23(26)30/h8-11,18-19H,1-7,12-15H2,(H,24,27). The maximum absolute atomic E-state index is 12.4.